The highest BCUT2D eigenvalue weighted by Gasteiger charge is 2.08. The number of aromatic amines is 1. The van der Waals surface area contributed by atoms with Crippen LogP contribution < -0.4 is 5.56 Å². The van der Waals surface area contributed by atoms with E-state index in [9.17, 15) is 4.79 Å². The van der Waals surface area contributed by atoms with Crippen LogP contribution in [0.5, 0.6) is 0 Å². The zero-order valence-corrected chi connectivity index (χ0v) is 10.3. The van der Waals surface area contributed by atoms with Crippen molar-refractivity contribution in [3.8, 4) is 6.07 Å². The second-order valence-electron chi connectivity index (χ2n) is 4.51. The van der Waals surface area contributed by atoms with Crippen molar-refractivity contribution >= 4 is 21.5 Å². The molecule has 0 fully saturated rings. The Kier molecular flexibility index (Phi) is 2.77. The summed E-state index contributed by atoms with van der Waals surface area (Å²) in [5, 5.41) is 12.4. The largest absolute Gasteiger partial charge is 0.329 e. The molecule has 1 heterocycles. The van der Waals surface area contributed by atoms with Gasteiger partial charge in [0.05, 0.1) is 11.5 Å². The molecule has 0 amide bonds. The van der Waals surface area contributed by atoms with Crippen molar-refractivity contribution in [2.75, 3.05) is 0 Å². The van der Waals surface area contributed by atoms with Gasteiger partial charge >= 0.3 is 0 Å². The maximum Gasteiger partial charge on any atom is 0.256 e. The first-order valence-electron chi connectivity index (χ1n) is 6.20. The van der Waals surface area contributed by atoms with Crippen molar-refractivity contribution in [1.82, 2.24) is 4.98 Å². The molecule has 3 nitrogen and oxygen atoms in total. The van der Waals surface area contributed by atoms with Crippen molar-refractivity contribution in [3.63, 3.8) is 0 Å². The Labute approximate surface area is 110 Å². The van der Waals surface area contributed by atoms with Crippen LogP contribution in [0.3, 0.4) is 0 Å². The first-order chi connectivity index (χ1) is 9.31. The molecular weight excluding hydrogens is 236 g/mol. The number of aryl methyl sites for hydroxylation is 1. The minimum atomic E-state index is -0.0690. The summed E-state index contributed by atoms with van der Waals surface area (Å²) in [6.45, 7) is 0. The summed E-state index contributed by atoms with van der Waals surface area (Å²) < 4.78 is 0. The lowest BCUT2D eigenvalue weighted by atomic mass is 9.96. The van der Waals surface area contributed by atoms with Crippen molar-refractivity contribution in [1.29, 1.82) is 5.26 Å². The van der Waals surface area contributed by atoms with E-state index < -0.39 is 0 Å². The molecule has 0 radical (unpaired) electrons. The summed E-state index contributed by atoms with van der Waals surface area (Å²) in [4.78, 5) is 14.7. The first-order valence-corrected chi connectivity index (χ1v) is 6.20. The SMILES string of the molecule is N#CCCc1cc2cc[nH]c(=O)c2c2ccccc12. The van der Waals surface area contributed by atoms with E-state index in [-0.39, 0.29) is 5.56 Å². The lowest BCUT2D eigenvalue weighted by Gasteiger charge is -2.08. The smallest absolute Gasteiger partial charge is 0.256 e. The molecule has 3 rings (SSSR count). The van der Waals surface area contributed by atoms with Crippen LogP contribution in [0.15, 0.2) is 47.4 Å². The predicted octanol–water partition coefficient (Wildman–Crippen LogP) is 3.14. The van der Waals surface area contributed by atoms with Crippen LogP contribution in [-0.4, -0.2) is 4.98 Å². The fraction of sp³-hybridized carbons (Fsp3) is 0.125. The first kappa shape index (κ1) is 11.5. The third kappa shape index (κ3) is 1.88. The van der Waals surface area contributed by atoms with E-state index in [4.69, 9.17) is 5.26 Å². The number of nitrogens with one attached hydrogen (secondary N) is 1. The number of hydrogen-bond acceptors (Lipinski definition) is 2. The Hall–Kier alpha value is -2.60. The lowest BCUT2D eigenvalue weighted by Crippen LogP contribution is -2.05. The molecule has 0 spiro atoms. The Balaban J connectivity index is 2.44. The normalized spacial score (nSPS) is 10.7. The number of rotatable bonds is 2. The van der Waals surface area contributed by atoms with E-state index in [2.05, 4.69) is 11.1 Å². The van der Waals surface area contributed by atoms with Gasteiger partial charge in [0.2, 0.25) is 0 Å². The van der Waals surface area contributed by atoms with Gasteiger partial charge in [-0.25, -0.2) is 0 Å². The van der Waals surface area contributed by atoms with E-state index in [0.717, 1.165) is 27.1 Å². The molecule has 3 heteroatoms. The number of hydrogen-bond donors (Lipinski definition) is 1. The molecule has 0 bridgehead atoms. The molecular formula is C16H12N2O. The zero-order chi connectivity index (χ0) is 13.2. The second-order valence-corrected chi connectivity index (χ2v) is 4.51. The van der Waals surface area contributed by atoms with Crippen LogP contribution in [0.25, 0.3) is 21.5 Å². The molecule has 1 aromatic heterocycles. The highest BCUT2D eigenvalue weighted by atomic mass is 16.1. The molecule has 0 aliphatic carbocycles. The molecule has 0 saturated carbocycles. The molecule has 0 aliphatic heterocycles. The van der Waals surface area contributed by atoms with E-state index >= 15 is 0 Å². The van der Waals surface area contributed by atoms with Gasteiger partial charge in [0.15, 0.2) is 0 Å². The number of nitrogens with zero attached hydrogens (tertiary/aromatic N) is 1. The average Bonchev–Trinajstić information content (AvgIpc) is 2.44. The van der Waals surface area contributed by atoms with E-state index in [1.54, 1.807) is 6.20 Å². The predicted molar refractivity (Wildman–Crippen MR) is 76.0 cm³/mol. The number of aromatic nitrogens is 1. The Morgan fingerprint density at radius 1 is 1.16 bits per heavy atom. The molecule has 0 saturated heterocycles. The Morgan fingerprint density at radius 3 is 2.74 bits per heavy atom. The number of benzene rings is 2. The lowest BCUT2D eigenvalue weighted by molar-refractivity contribution is 1.02. The van der Waals surface area contributed by atoms with Crippen LogP contribution in [0.2, 0.25) is 0 Å². The summed E-state index contributed by atoms with van der Waals surface area (Å²) in [7, 11) is 0. The maximum absolute atomic E-state index is 12.0. The van der Waals surface area contributed by atoms with E-state index in [1.807, 2.05) is 36.4 Å². The minimum absolute atomic E-state index is 0.0690. The van der Waals surface area contributed by atoms with Crippen molar-refractivity contribution in [2.45, 2.75) is 12.8 Å². The van der Waals surface area contributed by atoms with Crippen LogP contribution >= 0.6 is 0 Å². The fourth-order valence-corrected chi connectivity index (χ4v) is 2.54. The van der Waals surface area contributed by atoms with Gasteiger partial charge in [-0.05, 0) is 34.2 Å². The summed E-state index contributed by atoms with van der Waals surface area (Å²) in [6.07, 6.45) is 2.85. The number of H-pyrrole nitrogens is 1. The van der Waals surface area contributed by atoms with Crippen LogP contribution in [0.4, 0.5) is 0 Å². The number of pyridine rings is 1. The van der Waals surface area contributed by atoms with Gasteiger partial charge in [0, 0.05) is 12.6 Å². The number of fused-ring (bicyclic) bond motifs is 3. The maximum atomic E-state index is 12.0. The summed E-state index contributed by atoms with van der Waals surface area (Å²) in [6, 6.07) is 14.0. The monoisotopic (exact) mass is 248 g/mol. The highest BCUT2D eigenvalue weighted by molar-refractivity contribution is 6.08. The third-order valence-electron chi connectivity index (χ3n) is 3.37. The van der Waals surface area contributed by atoms with Gasteiger partial charge in [-0.1, -0.05) is 30.3 Å². The van der Waals surface area contributed by atoms with Crippen LogP contribution in [0, 0.1) is 11.3 Å². The van der Waals surface area contributed by atoms with E-state index in [0.29, 0.717) is 12.8 Å². The van der Waals surface area contributed by atoms with Gasteiger partial charge < -0.3 is 4.98 Å². The molecule has 3 aromatic rings. The fourth-order valence-electron chi connectivity index (χ4n) is 2.54. The van der Waals surface area contributed by atoms with E-state index in [1.165, 1.54) is 0 Å². The summed E-state index contributed by atoms with van der Waals surface area (Å²) in [5.41, 5.74) is 1.05. The molecule has 19 heavy (non-hydrogen) atoms. The Morgan fingerprint density at radius 2 is 1.95 bits per heavy atom. The quantitative estimate of drug-likeness (QED) is 0.708. The molecule has 92 valence electrons. The molecule has 0 atom stereocenters. The standard InChI is InChI=1S/C16H12N2O/c17-8-3-4-11-10-12-7-9-18-16(19)15(12)14-6-2-1-5-13(11)14/h1-2,5-7,9-10H,3-4H2,(H,18,19). The molecule has 1 N–H and O–H groups in total. The third-order valence-corrected chi connectivity index (χ3v) is 3.37. The molecule has 2 aromatic carbocycles. The topological polar surface area (TPSA) is 56.6 Å². The summed E-state index contributed by atoms with van der Waals surface area (Å²) in [5.74, 6) is 0. The van der Waals surface area contributed by atoms with Gasteiger partial charge in [0.1, 0.15) is 0 Å². The van der Waals surface area contributed by atoms with Crippen LogP contribution in [-0.2, 0) is 6.42 Å². The van der Waals surface area contributed by atoms with Crippen molar-refractivity contribution in [3.05, 3.63) is 58.5 Å². The van der Waals surface area contributed by atoms with Gasteiger partial charge in [-0.2, -0.15) is 5.26 Å². The van der Waals surface area contributed by atoms with Crippen LogP contribution in [0.1, 0.15) is 12.0 Å². The van der Waals surface area contributed by atoms with Gasteiger partial charge in [-0.15, -0.1) is 0 Å². The highest BCUT2D eigenvalue weighted by Crippen LogP contribution is 2.27. The molecule has 0 aliphatic rings. The summed E-state index contributed by atoms with van der Waals surface area (Å²) >= 11 is 0. The number of nitriles is 1. The second kappa shape index (κ2) is 4.58. The van der Waals surface area contributed by atoms with Gasteiger partial charge in [0.25, 0.3) is 5.56 Å². The Bertz CT molecular complexity index is 856. The average molecular weight is 248 g/mol. The molecule has 0 unspecified atom stereocenters. The van der Waals surface area contributed by atoms with Crippen molar-refractivity contribution in [2.24, 2.45) is 0 Å². The minimum Gasteiger partial charge on any atom is -0.329 e. The zero-order valence-electron chi connectivity index (χ0n) is 10.3. The van der Waals surface area contributed by atoms with Gasteiger partial charge in [-0.3, -0.25) is 4.79 Å². The van der Waals surface area contributed by atoms with Crippen molar-refractivity contribution < 1.29 is 0 Å².